The first-order valence-corrected chi connectivity index (χ1v) is 11.5. The lowest BCUT2D eigenvalue weighted by molar-refractivity contribution is -0.185. The highest BCUT2D eigenvalue weighted by Gasteiger charge is 2.41. The molecule has 4 rings (SSSR count). The molecule has 0 aliphatic carbocycles. The first-order chi connectivity index (χ1) is 17.3. The van der Waals surface area contributed by atoms with E-state index in [4.69, 9.17) is 14.4 Å². The molecule has 3 N–H and O–H groups in total. The van der Waals surface area contributed by atoms with Crippen LogP contribution in [-0.4, -0.2) is 54.3 Å². The van der Waals surface area contributed by atoms with E-state index in [1.807, 2.05) is 17.0 Å². The maximum atomic E-state index is 13.0. The number of benzene rings is 2. The zero-order valence-corrected chi connectivity index (χ0v) is 19.3. The van der Waals surface area contributed by atoms with Crippen molar-refractivity contribution in [3.8, 4) is 5.75 Å². The number of carbonyl (C=O) groups is 2. The third kappa shape index (κ3) is 5.97. The zero-order valence-electron chi connectivity index (χ0n) is 19.3. The zero-order chi connectivity index (χ0) is 25.7. The summed E-state index contributed by atoms with van der Waals surface area (Å²) >= 11 is 0. The number of halogens is 3. The Bertz CT molecular complexity index is 1200. The third-order valence-electron chi connectivity index (χ3n) is 6.21. The Balaban J connectivity index is 1.36. The molecule has 0 saturated carbocycles. The molecule has 0 radical (unpaired) electrons. The smallest absolute Gasteiger partial charge is 0.391 e. The SMILES string of the molecule is O=C(NO)c1ccc(OCCNC(=O)c2oc3ccccc3c2CN2CCC(C(F)(F)F)CC2)cc1. The lowest BCUT2D eigenvalue weighted by atomic mass is 9.96. The fourth-order valence-electron chi connectivity index (χ4n) is 4.26. The van der Waals surface area contributed by atoms with Crippen LogP contribution in [0.2, 0.25) is 0 Å². The Morgan fingerprint density at radius 3 is 2.42 bits per heavy atom. The predicted molar refractivity (Wildman–Crippen MR) is 124 cm³/mol. The van der Waals surface area contributed by atoms with Crippen molar-refractivity contribution in [1.82, 2.24) is 15.7 Å². The summed E-state index contributed by atoms with van der Waals surface area (Å²) in [6.07, 6.45) is -4.12. The Morgan fingerprint density at radius 2 is 1.75 bits per heavy atom. The number of amides is 2. The molecular weight excluding hydrogens is 479 g/mol. The van der Waals surface area contributed by atoms with Crippen molar-refractivity contribution in [2.75, 3.05) is 26.2 Å². The molecule has 0 spiro atoms. The van der Waals surface area contributed by atoms with Crippen LogP contribution in [0.3, 0.4) is 0 Å². The fraction of sp³-hybridized carbons (Fsp3) is 0.360. The lowest BCUT2D eigenvalue weighted by Crippen LogP contribution is -2.39. The fourth-order valence-corrected chi connectivity index (χ4v) is 4.26. The molecule has 11 heteroatoms. The monoisotopic (exact) mass is 505 g/mol. The van der Waals surface area contributed by atoms with Gasteiger partial charge in [-0.1, -0.05) is 18.2 Å². The van der Waals surface area contributed by atoms with Crippen molar-refractivity contribution >= 4 is 22.8 Å². The van der Waals surface area contributed by atoms with Crippen LogP contribution >= 0.6 is 0 Å². The number of nitrogens with zero attached hydrogens (tertiary/aromatic N) is 1. The van der Waals surface area contributed by atoms with E-state index in [-0.39, 0.29) is 50.4 Å². The number of nitrogens with one attached hydrogen (secondary N) is 2. The molecular formula is C25H26F3N3O5. The van der Waals surface area contributed by atoms with E-state index in [0.717, 1.165) is 5.39 Å². The van der Waals surface area contributed by atoms with Crippen LogP contribution in [-0.2, 0) is 6.54 Å². The van der Waals surface area contributed by atoms with Crippen LogP contribution in [0.4, 0.5) is 13.2 Å². The number of alkyl halides is 3. The molecule has 8 nitrogen and oxygen atoms in total. The van der Waals surface area contributed by atoms with Gasteiger partial charge in [0, 0.05) is 23.1 Å². The van der Waals surface area contributed by atoms with E-state index in [1.54, 1.807) is 29.7 Å². The molecule has 2 aromatic carbocycles. The normalized spacial score (nSPS) is 15.1. The number of furan rings is 1. The van der Waals surface area contributed by atoms with E-state index in [9.17, 15) is 22.8 Å². The third-order valence-corrected chi connectivity index (χ3v) is 6.21. The summed E-state index contributed by atoms with van der Waals surface area (Å²) in [6, 6.07) is 13.3. The molecule has 1 saturated heterocycles. The first kappa shape index (κ1) is 25.5. The van der Waals surface area contributed by atoms with Gasteiger partial charge in [-0.25, -0.2) is 5.48 Å². The predicted octanol–water partition coefficient (Wildman–Crippen LogP) is 4.13. The number of ether oxygens (including phenoxy) is 1. The second-order valence-electron chi connectivity index (χ2n) is 8.57. The minimum Gasteiger partial charge on any atom is -0.492 e. The number of fused-ring (bicyclic) bond motifs is 1. The van der Waals surface area contributed by atoms with Crippen LogP contribution in [0.5, 0.6) is 5.75 Å². The van der Waals surface area contributed by atoms with E-state index >= 15 is 0 Å². The molecule has 3 aromatic rings. The van der Waals surface area contributed by atoms with Crippen LogP contribution < -0.4 is 15.5 Å². The summed E-state index contributed by atoms with van der Waals surface area (Å²) in [7, 11) is 0. The topological polar surface area (TPSA) is 104 Å². The van der Waals surface area contributed by atoms with E-state index in [1.165, 1.54) is 12.1 Å². The average molecular weight is 505 g/mol. The van der Waals surface area contributed by atoms with Crippen molar-refractivity contribution in [2.45, 2.75) is 25.6 Å². The number of hydrogen-bond donors (Lipinski definition) is 3. The average Bonchev–Trinajstić information content (AvgIpc) is 3.24. The number of hydrogen-bond acceptors (Lipinski definition) is 6. The van der Waals surface area contributed by atoms with Gasteiger partial charge in [0.15, 0.2) is 5.76 Å². The minimum atomic E-state index is -4.18. The summed E-state index contributed by atoms with van der Waals surface area (Å²) < 4.78 is 50.5. The number of piperidine rings is 1. The lowest BCUT2D eigenvalue weighted by Gasteiger charge is -2.32. The maximum absolute atomic E-state index is 13.0. The largest absolute Gasteiger partial charge is 0.492 e. The first-order valence-electron chi connectivity index (χ1n) is 11.5. The molecule has 1 aliphatic rings. The highest BCUT2D eigenvalue weighted by molar-refractivity contribution is 5.99. The molecule has 0 bridgehead atoms. The molecule has 2 amide bonds. The van der Waals surface area contributed by atoms with Gasteiger partial charge in [-0.2, -0.15) is 13.2 Å². The molecule has 0 atom stereocenters. The van der Waals surface area contributed by atoms with Crippen LogP contribution in [0.15, 0.2) is 52.9 Å². The number of carbonyl (C=O) groups excluding carboxylic acids is 2. The Morgan fingerprint density at radius 1 is 1.06 bits per heavy atom. The van der Waals surface area contributed by atoms with Gasteiger partial charge < -0.3 is 14.5 Å². The number of likely N-dealkylation sites (tertiary alicyclic amines) is 1. The van der Waals surface area contributed by atoms with Crippen LogP contribution in [0.25, 0.3) is 11.0 Å². The summed E-state index contributed by atoms with van der Waals surface area (Å²) in [5.74, 6) is -1.76. The summed E-state index contributed by atoms with van der Waals surface area (Å²) in [6.45, 7) is 1.21. The summed E-state index contributed by atoms with van der Waals surface area (Å²) in [5.41, 5.74) is 2.99. The van der Waals surface area contributed by atoms with Crippen molar-refractivity contribution in [3.63, 3.8) is 0 Å². The Labute approximate surface area is 205 Å². The molecule has 0 unspecified atom stereocenters. The summed E-state index contributed by atoms with van der Waals surface area (Å²) in [5, 5.41) is 12.2. The van der Waals surface area contributed by atoms with Gasteiger partial charge in [-0.15, -0.1) is 0 Å². The molecule has 2 heterocycles. The molecule has 1 aliphatic heterocycles. The van der Waals surface area contributed by atoms with Crippen molar-refractivity contribution in [1.29, 1.82) is 0 Å². The highest BCUT2D eigenvalue weighted by atomic mass is 19.4. The van der Waals surface area contributed by atoms with Crippen LogP contribution in [0.1, 0.15) is 39.3 Å². The van der Waals surface area contributed by atoms with Gasteiger partial charge in [0.05, 0.1) is 12.5 Å². The second kappa shape index (κ2) is 11.0. The van der Waals surface area contributed by atoms with E-state index < -0.39 is 23.9 Å². The van der Waals surface area contributed by atoms with E-state index in [2.05, 4.69) is 5.32 Å². The molecule has 1 aromatic heterocycles. The highest BCUT2D eigenvalue weighted by Crippen LogP contribution is 2.35. The van der Waals surface area contributed by atoms with Crippen molar-refractivity contribution in [2.24, 2.45) is 5.92 Å². The van der Waals surface area contributed by atoms with Crippen LogP contribution in [0, 0.1) is 5.92 Å². The molecule has 1 fully saturated rings. The van der Waals surface area contributed by atoms with Gasteiger partial charge in [0.25, 0.3) is 11.8 Å². The minimum absolute atomic E-state index is 0.0316. The second-order valence-corrected chi connectivity index (χ2v) is 8.57. The number of para-hydroxylation sites is 1. The van der Waals surface area contributed by atoms with Gasteiger partial charge >= 0.3 is 6.18 Å². The quantitative estimate of drug-likeness (QED) is 0.242. The van der Waals surface area contributed by atoms with Gasteiger partial charge in [0.2, 0.25) is 0 Å². The molecule has 192 valence electrons. The van der Waals surface area contributed by atoms with Gasteiger partial charge in [-0.3, -0.25) is 19.7 Å². The Kier molecular flexibility index (Phi) is 7.80. The number of rotatable bonds is 8. The van der Waals surface area contributed by atoms with Crippen molar-refractivity contribution in [3.05, 3.63) is 65.4 Å². The van der Waals surface area contributed by atoms with Gasteiger partial charge in [0.1, 0.15) is 17.9 Å². The van der Waals surface area contributed by atoms with E-state index in [0.29, 0.717) is 23.4 Å². The Hall–Kier alpha value is -3.57. The maximum Gasteiger partial charge on any atom is 0.391 e. The summed E-state index contributed by atoms with van der Waals surface area (Å²) in [4.78, 5) is 26.2. The van der Waals surface area contributed by atoms with Crippen molar-refractivity contribution < 1.29 is 37.1 Å². The number of hydroxylamine groups is 1. The standard InChI is InChI=1S/C25H26F3N3O5/c26-25(27,28)17-9-12-31(13-10-17)15-20-19-3-1-2-4-21(19)36-22(20)24(33)29-11-14-35-18-7-5-16(6-8-18)23(32)30-34/h1-8,17,34H,9-15H2,(H,29,33)(H,30,32). The molecule has 36 heavy (non-hydrogen) atoms. The van der Waals surface area contributed by atoms with Gasteiger partial charge in [-0.05, 0) is 56.3 Å².